The number of carbonyl (C=O) groups is 2. The van der Waals surface area contributed by atoms with Crippen molar-refractivity contribution in [1.82, 2.24) is 0 Å². The lowest BCUT2D eigenvalue weighted by molar-refractivity contribution is -0.385. The average Bonchev–Trinajstić information content (AvgIpc) is 2.82. The number of allylic oxidation sites excluding steroid dienone is 1. The molecule has 0 spiro atoms. The van der Waals surface area contributed by atoms with Crippen LogP contribution in [-0.2, 0) is 14.3 Å². The predicted octanol–water partition coefficient (Wildman–Crippen LogP) is 1.66. The summed E-state index contributed by atoms with van der Waals surface area (Å²) in [6.45, 7) is 0.0826. The third-order valence-corrected chi connectivity index (χ3v) is 2.53. The van der Waals surface area contributed by atoms with Crippen LogP contribution in [-0.4, -0.2) is 23.3 Å². The highest BCUT2D eigenvalue weighted by atomic mass is 16.6. The number of esters is 1. The van der Waals surface area contributed by atoms with Crippen LogP contribution in [0.15, 0.2) is 42.0 Å². The van der Waals surface area contributed by atoms with E-state index in [4.69, 9.17) is 0 Å². The molecular formula is C13H9NO5. The van der Waals surface area contributed by atoms with Crippen molar-refractivity contribution >= 4 is 23.5 Å². The van der Waals surface area contributed by atoms with E-state index in [-0.39, 0.29) is 17.9 Å². The Morgan fingerprint density at radius 1 is 1.37 bits per heavy atom. The Hall–Kier alpha value is -2.76. The van der Waals surface area contributed by atoms with Crippen molar-refractivity contribution in [3.05, 3.63) is 57.7 Å². The van der Waals surface area contributed by atoms with Crippen LogP contribution in [0, 0.1) is 10.1 Å². The number of nitrogens with zero attached hydrogens (tertiary/aromatic N) is 1. The first kappa shape index (κ1) is 12.7. The zero-order valence-electron chi connectivity index (χ0n) is 9.74. The summed E-state index contributed by atoms with van der Waals surface area (Å²) < 4.78 is 4.61. The summed E-state index contributed by atoms with van der Waals surface area (Å²) in [5.74, 6) is -1.20. The summed E-state index contributed by atoms with van der Waals surface area (Å²) in [6, 6.07) is 6.02. The van der Waals surface area contributed by atoms with Gasteiger partial charge in [0, 0.05) is 6.07 Å². The lowest BCUT2D eigenvalue weighted by atomic mass is 10.1. The van der Waals surface area contributed by atoms with Crippen LogP contribution < -0.4 is 0 Å². The SMILES string of the molecule is O=C(C=Cc1ccccc1[N+](=O)[O-])C1=CCOC1=O. The van der Waals surface area contributed by atoms with Crippen molar-refractivity contribution in [2.45, 2.75) is 0 Å². The van der Waals surface area contributed by atoms with Gasteiger partial charge in [0.25, 0.3) is 5.69 Å². The molecule has 1 heterocycles. The molecule has 0 saturated heterocycles. The van der Waals surface area contributed by atoms with Gasteiger partial charge in [-0.15, -0.1) is 0 Å². The predicted molar refractivity (Wildman–Crippen MR) is 66.2 cm³/mol. The Kier molecular flexibility index (Phi) is 3.51. The number of nitro groups is 1. The standard InChI is InChI=1S/C13H9NO5/c15-12(10-7-8-19-13(10)16)6-5-9-3-1-2-4-11(9)14(17)18/h1-7H,8H2. The summed E-state index contributed by atoms with van der Waals surface area (Å²) in [6.07, 6.45) is 3.82. The van der Waals surface area contributed by atoms with Crippen LogP contribution in [0.4, 0.5) is 5.69 Å². The van der Waals surface area contributed by atoms with Gasteiger partial charge >= 0.3 is 5.97 Å². The van der Waals surface area contributed by atoms with Gasteiger partial charge in [-0.3, -0.25) is 14.9 Å². The first-order valence-electron chi connectivity index (χ1n) is 5.42. The fourth-order valence-corrected chi connectivity index (χ4v) is 1.61. The number of rotatable bonds is 4. The first-order valence-corrected chi connectivity index (χ1v) is 5.42. The molecule has 0 bridgehead atoms. The van der Waals surface area contributed by atoms with Crippen molar-refractivity contribution in [2.75, 3.05) is 6.61 Å². The smallest absolute Gasteiger partial charge is 0.342 e. The highest BCUT2D eigenvalue weighted by Crippen LogP contribution is 2.19. The molecule has 0 amide bonds. The van der Waals surface area contributed by atoms with Gasteiger partial charge in [0.1, 0.15) is 12.2 Å². The van der Waals surface area contributed by atoms with Crippen molar-refractivity contribution in [1.29, 1.82) is 0 Å². The third kappa shape index (κ3) is 2.74. The number of hydrogen-bond acceptors (Lipinski definition) is 5. The summed E-state index contributed by atoms with van der Waals surface area (Å²) in [5.41, 5.74) is 0.150. The van der Waals surface area contributed by atoms with E-state index >= 15 is 0 Å². The van der Waals surface area contributed by atoms with Gasteiger partial charge in [-0.05, 0) is 24.3 Å². The molecule has 96 valence electrons. The van der Waals surface area contributed by atoms with E-state index in [1.165, 1.54) is 30.4 Å². The van der Waals surface area contributed by atoms with E-state index in [1.54, 1.807) is 6.07 Å². The molecule has 19 heavy (non-hydrogen) atoms. The molecule has 0 aromatic heterocycles. The molecule has 0 saturated carbocycles. The third-order valence-electron chi connectivity index (χ3n) is 2.53. The number of hydrogen-bond donors (Lipinski definition) is 0. The van der Waals surface area contributed by atoms with Crippen LogP contribution in [0.2, 0.25) is 0 Å². The minimum atomic E-state index is -0.669. The maximum Gasteiger partial charge on any atom is 0.342 e. The molecule has 0 unspecified atom stereocenters. The lowest BCUT2D eigenvalue weighted by Gasteiger charge is -1.96. The molecule has 1 aromatic carbocycles. The quantitative estimate of drug-likeness (QED) is 0.270. The number of benzene rings is 1. The number of cyclic esters (lactones) is 1. The number of nitro benzene ring substituents is 1. The average molecular weight is 259 g/mol. The number of carbonyl (C=O) groups excluding carboxylic acids is 2. The van der Waals surface area contributed by atoms with E-state index < -0.39 is 16.7 Å². The van der Waals surface area contributed by atoms with Gasteiger partial charge in [0.2, 0.25) is 0 Å². The van der Waals surface area contributed by atoms with Crippen LogP contribution in [0.3, 0.4) is 0 Å². The molecule has 0 fully saturated rings. The molecule has 6 nitrogen and oxygen atoms in total. The summed E-state index contributed by atoms with van der Waals surface area (Å²) in [4.78, 5) is 33.1. The van der Waals surface area contributed by atoms with Crippen LogP contribution in [0.5, 0.6) is 0 Å². The van der Waals surface area contributed by atoms with Gasteiger partial charge in [0.15, 0.2) is 5.78 Å². The molecule has 2 rings (SSSR count). The van der Waals surface area contributed by atoms with Crippen molar-refractivity contribution in [2.24, 2.45) is 0 Å². The molecule has 0 atom stereocenters. The number of para-hydroxylation sites is 1. The summed E-state index contributed by atoms with van der Waals surface area (Å²) in [7, 11) is 0. The van der Waals surface area contributed by atoms with E-state index in [0.29, 0.717) is 5.56 Å². The van der Waals surface area contributed by atoms with E-state index in [2.05, 4.69) is 4.74 Å². The van der Waals surface area contributed by atoms with Gasteiger partial charge in [0.05, 0.1) is 10.5 Å². The summed E-state index contributed by atoms with van der Waals surface area (Å²) >= 11 is 0. The molecule has 1 aliphatic heterocycles. The van der Waals surface area contributed by atoms with Crippen LogP contribution >= 0.6 is 0 Å². The molecule has 0 N–H and O–H groups in total. The molecule has 0 radical (unpaired) electrons. The molecule has 0 aliphatic carbocycles. The normalized spacial score (nSPS) is 14.3. The maximum atomic E-state index is 11.7. The second kappa shape index (κ2) is 5.26. The maximum absolute atomic E-state index is 11.7. The van der Waals surface area contributed by atoms with Gasteiger partial charge in [-0.1, -0.05) is 12.1 Å². The van der Waals surface area contributed by atoms with Crippen LogP contribution in [0.25, 0.3) is 6.08 Å². The Morgan fingerprint density at radius 3 is 2.74 bits per heavy atom. The zero-order valence-corrected chi connectivity index (χ0v) is 9.74. The monoisotopic (exact) mass is 259 g/mol. The van der Waals surface area contributed by atoms with E-state index in [0.717, 1.165) is 6.08 Å². The highest BCUT2D eigenvalue weighted by molar-refractivity contribution is 6.23. The Balaban J connectivity index is 2.22. The first-order chi connectivity index (χ1) is 9.09. The Bertz CT molecular complexity index is 615. The van der Waals surface area contributed by atoms with Gasteiger partial charge < -0.3 is 4.74 Å². The van der Waals surface area contributed by atoms with Crippen LogP contribution in [0.1, 0.15) is 5.56 Å². The largest absolute Gasteiger partial charge is 0.458 e. The second-order valence-electron chi connectivity index (χ2n) is 3.73. The van der Waals surface area contributed by atoms with Gasteiger partial charge in [-0.25, -0.2) is 4.79 Å². The lowest BCUT2D eigenvalue weighted by Crippen LogP contribution is -2.07. The highest BCUT2D eigenvalue weighted by Gasteiger charge is 2.22. The fourth-order valence-electron chi connectivity index (χ4n) is 1.61. The van der Waals surface area contributed by atoms with Crippen molar-refractivity contribution in [3.63, 3.8) is 0 Å². The molecule has 6 heteroatoms. The number of ether oxygens (including phenoxy) is 1. The summed E-state index contributed by atoms with van der Waals surface area (Å²) in [5, 5.41) is 10.8. The minimum Gasteiger partial charge on any atom is -0.458 e. The Labute approximate surface area is 108 Å². The van der Waals surface area contributed by atoms with Crippen molar-refractivity contribution < 1.29 is 19.2 Å². The second-order valence-corrected chi connectivity index (χ2v) is 3.73. The van der Waals surface area contributed by atoms with E-state index in [9.17, 15) is 19.7 Å². The molecule has 1 aliphatic rings. The molecule has 1 aromatic rings. The minimum absolute atomic E-state index is 0.0464. The number of ketones is 1. The fraction of sp³-hybridized carbons (Fsp3) is 0.0769. The van der Waals surface area contributed by atoms with Gasteiger partial charge in [-0.2, -0.15) is 0 Å². The molecular weight excluding hydrogens is 250 g/mol. The zero-order chi connectivity index (χ0) is 13.8. The topological polar surface area (TPSA) is 86.5 Å². The van der Waals surface area contributed by atoms with Crippen molar-refractivity contribution in [3.8, 4) is 0 Å². The van der Waals surface area contributed by atoms with E-state index in [1.807, 2.05) is 0 Å². The Morgan fingerprint density at radius 2 is 2.11 bits per heavy atom.